The van der Waals surface area contributed by atoms with Gasteiger partial charge in [-0.2, -0.15) is 0 Å². The Morgan fingerprint density at radius 2 is 2.19 bits per heavy atom. The number of aromatic hydroxyl groups is 1. The van der Waals surface area contributed by atoms with Gasteiger partial charge < -0.3 is 16.2 Å². The van der Waals surface area contributed by atoms with E-state index < -0.39 is 0 Å². The fraction of sp³-hybridized carbons (Fsp3) is 0.417. The van der Waals surface area contributed by atoms with E-state index in [4.69, 9.17) is 5.73 Å². The minimum absolute atomic E-state index is 0.134. The van der Waals surface area contributed by atoms with E-state index in [1.54, 1.807) is 25.1 Å². The number of amides is 1. The van der Waals surface area contributed by atoms with Crippen molar-refractivity contribution in [1.82, 2.24) is 5.32 Å². The maximum atomic E-state index is 11.9. The van der Waals surface area contributed by atoms with Crippen molar-refractivity contribution in [2.24, 2.45) is 5.73 Å². The summed E-state index contributed by atoms with van der Waals surface area (Å²) in [5.74, 6) is 0.0169. The highest BCUT2D eigenvalue weighted by Gasteiger charge is 2.27. The summed E-state index contributed by atoms with van der Waals surface area (Å²) in [7, 11) is 0. The normalized spacial score (nSPS) is 23.6. The molecule has 1 saturated carbocycles. The highest BCUT2D eigenvalue weighted by Crippen LogP contribution is 2.21. The Morgan fingerprint density at radius 1 is 1.50 bits per heavy atom. The molecule has 0 saturated heterocycles. The Balaban J connectivity index is 2.06. The topological polar surface area (TPSA) is 75.3 Å². The number of phenols is 1. The number of rotatable bonds is 2. The van der Waals surface area contributed by atoms with Crippen LogP contribution in [0.1, 0.15) is 28.8 Å². The molecule has 0 spiro atoms. The van der Waals surface area contributed by atoms with Gasteiger partial charge in [0.1, 0.15) is 5.75 Å². The first-order valence-electron chi connectivity index (χ1n) is 5.43. The number of carbonyl (C=O) groups excluding carboxylic acids is 1. The van der Waals surface area contributed by atoms with E-state index in [1.807, 2.05) is 0 Å². The van der Waals surface area contributed by atoms with Crippen molar-refractivity contribution in [2.45, 2.75) is 31.8 Å². The third-order valence-corrected chi connectivity index (χ3v) is 3.06. The summed E-state index contributed by atoms with van der Waals surface area (Å²) < 4.78 is 0. The molecule has 0 heterocycles. The van der Waals surface area contributed by atoms with E-state index in [9.17, 15) is 9.90 Å². The first-order valence-corrected chi connectivity index (χ1v) is 5.43. The van der Waals surface area contributed by atoms with E-state index in [2.05, 4.69) is 5.32 Å². The van der Waals surface area contributed by atoms with Crippen LogP contribution in [0.3, 0.4) is 0 Å². The number of phenolic OH excluding ortho intramolecular Hbond substituents is 1. The molecule has 4 nitrogen and oxygen atoms in total. The van der Waals surface area contributed by atoms with Gasteiger partial charge >= 0.3 is 0 Å². The summed E-state index contributed by atoms with van der Waals surface area (Å²) in [5.41, 5.74) is 6.79. The zero-order valence-corrected chi connectivity index (χ0v) is 9.23. The molecule has 1 aromatic rings. The van der Waals surface area contributed by atoms with Crippen molar-refractivity contribution in [3.05, 3.63) is 29.3 Å². The van der Waals surface area contributed by atoms with Crippen molar-refractivity contribution >= 4 is 5.91 Å². The van der Waals surface area contributed by atoms with Crippen LogP contribution in [0.15, 0.2) is 18.2 Å². The second kappa shape index (κ2) is 4.14. The standard InChI is InChI=1S/C12H16N2O2/c1-7-10(3-2-4-11(7)15)12(16)14-9-5-8(13)6-9/h2-4,8-9,15H,5-6,13H2,1H3,(H,14,16). The van der Waals surface area contributed by atoms with Gasteiger partial charge in [-0.3, -0.25) is 4.79 Å². The van der Waals surface area contributed by atoms with Crippen molar-refractivity contribution in [3.63, 3.8) is 0 Å². The molecule has 0 aromatic heterocycles. The van der Waals surface area contributed by atoms with Gasteiger partial charge in [-0.25, -0.2) is 0 Å². The number of nitrogens with one attached hydrogen (secondary N) is 1. The molecule has 1 fully saturated rings. The fourth-order valence-electron chi connectivity index (χ4n) is 1.91. The molecule has 1 aliphatic rings. The fourth-order valence-corrected chi connectivity index (χ4v) is 1.91. The summed E-state index contributed by atoms with van der Waals surface area (Å²) >= 11 is 0. The smallest absolute Gasteiger partial charge is 0.251 e. The molecule has 0 aliphatic heterocycles. The lowest BCUT2D eigenvalue weighted by Gasteiger charge is -2.33. The van der Waals surface area contributed by atoms with Crippen molar-refractivity contribution in [2.75, 3.05) is 0 Å². The molecule has 86 valence electrons. The number of hydrogen-bond acceptors (Lipinski definition) is 3. The molecule has 0 atom stereocenters. The number of nitrogens with two attached hydrogens (primary N) is 1. The average Bonchev–Trinajstić information content (AvgIpc) is 2.19. The van der Waals surface area contributed by atoms with Crippen molar-refractivity contribution in [1.29, 1.82) is 0 Å². The van der Waals surface area contributed by atoms with Crippen LogP contribution in [-0.2, 0) is 0 Å². The maximum Gasteiger partial charge on any atom is 0.251 e. The highest BCUT2D eigenvalue weighted by atomic mass is 16.3. The molecule has 1 aliphatic carbocycles. The zero-order chi connectivity index (χ0) is 11.7. The lowest BCUT2D eigenvalue weighted by Crippen LogP contribution is -2.50. The Kier molecular flexibility index (Phi) is 2.83. The lowest BCUT2D eigenvalue weighted by atomic mass is 9.87. The molecule has 16 heavy (non-hydrogen) atoms. The molecule has 0 radical (unpaired) electrons. The van der Waals surface area contributed by atoms with Crippen LogP contribution < -0.4 is 11.1 Å². The predicted octanol–water partition coefficient (Wildman–Crippen LogP) is 0.920. The van der Waals surface area contributed by atoms with Gasteiger partial charge in [0.05, 0.1) is 0 Å². The van der Waals surface area contributed by atoms with Crippen LogP contribution >= 0.6 is 0 Å². The van der Waals surface area contributed by atoms with Gasteiger partial charge in [0, 0.05) is 23.2 Å². The van der Waals surface area contributed by atoms with Gasteiger partial charge in [0.25, 0.3) is 5.91 Å². The third kappa shape index (κ3) is 2.02. The second-order valence-electron chi connectivity index (χ2n) is 4.35. The van der Waals surface area contributed by atoms with Gasteiger partial charge in [0.2, 0.25) is 0 Å². The van der Waals surface area contributed by atoms with Crippen LogP contribution in [0.2, 0.25) is 0 Å². The first kappa shape index (κ1) is 11.0. The zero-order valence-electron chi connectivity index (χ0n) is 9.23. The summed E-state index contributed by atoms with van der Waals surface area (Å²) in [6.07, 6.45) is 1.67. The quantitative estimate of drug-likeness (QED) is 0.693. The van der Waals surface area contributed by atoms with Crippen LogP contribution in [0, 0.1) is 6.92 Å². The number of carbonyl (C=O) groups is 1. The molecule has 1 amide bonds. The van der Waals surface area contributed by atoms with Gasteiger partial charge in [0.15, 0.2) is 0 Å². The van der Waals surface area contributed by atoms with E-state index in [-0.39, 0.29) is 23.7 Å². The summed E-state index contributed by atoms with van der Waals surface area (Å²) in [5, 5.41) is 12.4. The molecule has 4 heteroatoms. The highest BCUT2D eigenvalue weighted by molar-refractivity contribution is 5.96. The molecule has 0 unspecified atom stereocenters. The van der Waals surface area contributed by atoms with Gasteiger partial charge in [-0.05, 0) is 31.9 Å². The maximum absolute atomic E-state index is 11.9. The molecular weight excluding hydrogens is 204 g/mol. The van der Waals surface area contributed by atoms with Gasteiger partial charge in [-0.15, -0.1) is 0 Å². The van der Waals surface area contributed by atoms with Gasteiger partial charge in [-0.1, -0.05) is 6.07 Å². The molecular formula is C12H16N2O2. The SMILES string of the molecule is Cc1c(O)cccc1C(=O)NC1CC(N)C1. The van der Waals surface area contributed by atoms with E-state index in [0.29, 0.717) is 11.1 Å². The number of hydrogen-bond donors (Lipinski definition) is 3. The van der Waals surface area contributed by atoms with Crippen LogP contribution in [0.25, 0.3) is 0 Å². The second-order valence-corrected chi connectivity index (χ2v) is 4.35. The van der Waals surface area contributed by atoms with Crippen LogP contribution in [-0.4, -0.2) is 23.1 Å². The predicted molar refractivity (Wildman–Crippen MR) is 61.3 cm³/mol. The Hall–Kier alpha value is -1.55. The van der Waals surface area contributed by atoms with Crippen LogP contribution in [0.5, 0.6) is 5.75 Å². The monoisotopic (exact) mass is 220 g/mol. The Bertz CT molecular complexity index is 411. The molecule has 2 rings (SSSR count). The summed E-state index contributed by atoms with van der Waals surface area (Å²) in [6, 6.07) is 5.36. The lowest BCUT2D eigenvalue weighted by molar-refractivity contribution is 0.0909. The van der Waals surface area contributed by atoms with E-state index in [0.717, 1.165) is 12.8 Å². The molecule has 1 aromatic carbocycles. The van der Waals surface area contributed by atoms with E-state index in [1.165, 1.54) is 0 Å². The Labute approximate surface area is 94.5 Å². The third-order valence-electron chi connectivity index (χ3n) is 3.06. The summed E-state index contributed by atoms with van der Waals surface area (Å²) in [4.78, 5) is 11.9. The average molecular weight is 220 g/mol. The van der Waals surface area contributed by atoms with Crippen molar-refractivity contribution < 1.29 is 9.90 Å². The molecule has 0 bridgehead atoms. The molecule has 4 N–H and O–H groups in total. The van der Waals surface area contributed by atoms with Crippen LogP contribution in [0.4, 0.5) is 0 Å². The largest absolute Gasteiger partial charge is 0.508 e. The van der Waals surface area contributed by atoms with E-state index >= 15 is 0 Å². The minimum Gasteiger partial charge on any atom is -0.508 e. The van der Waals surface area contributed by atoms with Crippen molar-refractivity contribution in [3.8, 4) is 5.75 Å². The summed E-state index contributed by atoms with van der Waals surface area (Å²) in [6.45, 7) is 1.73. The number of benzene rings is 1. The first-order chi connectivity index (χ1) is 7.58. The minimum atomic E-state index is -0.134. The Morgan fingerprint density at radius 3 is 2.81 bits per heavy atom.